The molecule has 0 spiro atoms. The van der Waals surface area contributed by atoms with Crippen LogP contribution in [0, 0.1) is 12.8 Å². The van der Waals surface area contributed by atoms with Crippen LogP contribution in [0.25, 0.3) is 0 Å². The molecule has 31 heavy (non-hydrogen) atoms. The predicted octanol–water partition coefficient (Wildman–Crippen LogP) is 4.62. The summed E-state index contributed by atoms with van der Waals surface area (Å²) in [4.78, 5) is 29.9. The molecule has 2 amide bonds. The molecule has 1 saturated heterocycles. The fourth-order valence-electron chi connectivity index (χ4n) is 4.16. The third-order valence-corrected chi connectivity index (χ3v) is 5.83. The van der Waals surface area contributed by atoms with Crippen molar-refractivity contribution in [1.82, 2.24) is 4.90 Å². The first kappa shape index (κ1) is 20.9. The van der Waals surface area contributed by atoms with Crippen molar-refractivity contribution in [2.24, 2.45) is 5.92 Å². The average Bonchev–Trinajstić information content (AvgIpc) is 3.19. The van der Waals surface area contributed by atoms with Crippen molar-refractivity contribution in [2.75, 3.05) is 18.0 Å². The van der Waals surface area contributed by atoms with E-state index in [1.165, 1.54) is 5.56 Å². The second-order valence-electron chi connectivity index (χ2n) is 8.23. The number of hydrogen-bond acceptors (Lipinski definition) is 2. The van der Waals surface area contributed by atoms with Gasteiger partial charge < -0.3 is 9.80 Å². The van der Waals surface area contributed by atoms with Crippen molar-refractivity contribution >= 4 is 17.5 Å². The van der Waals surface area contributed by atoms with E-state index in [0.717, 1.165) is 23.2 Å². The monoisotopic (exact) mass is 412 g/mol. The minimum atomic E-state index is -0.313. The summed E-state index contributed by atoms with van der Waals surface area (Å²) in [5.74, 6) is -0.234. The molecule has 0 saturated carbocycles. The number of amides is 2. The largest absolute Gasteiger partial charge is 0.338 e. The van der Waals surface area contributed by atoms with Crippen LogP contribution in [-0.2, 0) is 22.6 Å². The molecule has 3 aromatic carbocycles. The van der Waals surface area contributed by atoms with Gasteiger partial charge in [0.25, 0.3) is 0 Å². The van der Waals surface area contributed by atoms with Crippen LogP contribution >= 0.6 is 0 Å². The number of hydrogen-bond donors (Lipinski definition) is 0. The van der Waals surface area contributed by atoms with Crippen molar-refractivity contribution in [3.63, 3.8) is 0 Å². The van der Waals surface area contributed by atoms with E-state index in [4.69, 9.17) is 0 Å². The molecule has 4 nitrogen and oxygen atoms in total. The van der Waals surface area contributed by atoms with E-state index in [0.29, 0.717) is 19.6 Å². The molecule has 0 bridgehead atoms. The van der Waals surface area contributed by atoms with Gasteiger partial charge in [-0.1, -0.05) is 72.8 Å². The van der Waals surface area contributed by atoms with Gasteiger partial charge >= 0.3 is 0 Å². The smallest absolute Gasteiger partial charge is 0.228 e. The Morgan fingerprint density at radius 2 is 1.61 bits per heavy atom. The van der Waals surface area contributed by atoms with E-state index in [2.05, 4.69) is 12.1 Å². The molecule has 1 atom stereocenters. The number of aryl methyl sites for hydroxylation is 1. The Morgan fingerprint density at radius 1 is 0.935 bits per heavy atom. The number of carbonyl (C=O) groups excluding carboxylic acids is 2. The molecule has 1 heterocycles. The van der Waals surface area contributed by atoms with Gasteiger partial charge in [-0.05, 0) is 42.2 Å². The Balaban J connectivity index is 1.50. The molecule has 4 rings (SSSR count). The topological polar surface area (TPSA) is 40.6 Å². The molecule has 1 fully saturated rings. The Kier molecular flexibility index (Phi) is 6.46. The van der Waals surface area contributed by atoms with Gasteiger partial charge in [-0.3, -0.25) is 9.59 Å². The summed E-state index contributed by atoms with van der Waals surface area (Å²) in [7, 11) is 0. The molecule has 0 aliphatic carbocycles. The molecule has 3 aromatic rings. The average molecular weight is 413 g/mol. The number of benzene rings is 3. The maximum absolute atomic E-state index is 13.5. The van der Waals surface area contributed by atoms with Crippen LogP contribution in [0.2, 0.25) is 0 Å². The van der Waals surface area contributed by atoms with Gasteiger partial charge in [0, 0.05) is 31.7 Å². The first-order valence-electron chi connectivity index (χ1n) is 10.8. The lowest BCUT2D eigenvalue weighted by Crippen LogP contribution is -2.38. The van der Waals surface area contributed by atoms with Crippen LogP contribution in [0.15, 0.2) is 84.9 Å². The van der Waals surface area contributed by atoms with E-state index in [1.807, 2.05) is 84.6 Å². The highest BCUT2D eigenvalue weighted by Crippen LogP contribution is 2.27. The van der Waals surface area contributed by atoms with Crippen LogP contribution in [-0.4, -0.2) is 29.8 Å². The van der Waals surface area contributed by atoms with Crippen LogP contribution in [0.4, 0.5) is 5.69 Å². The molecule has 0 unspecified atom stereocenters. The molecule has 0 N–H and O–H groups in total. The summed E-state index contributed by atoms with van der Waals surface area (Å²) < 4.78 is 0. The Labute approximate surface area is 184 Å². The first-order valence-corrected chi connectivity index (χ1v) is 10.8. The quantitative estimate of drug-likeness (QED) is 0.568. The highest BCUT2D eigenvalue weighted by Gasteiger charge is 2.37. The molecule has 4 heteroatoms. The summed E-state index contributed by atoms with van der Waals surface area (Å²) in [6, 6.07) is 28.2. The van der Waals surface area contributed by atoms with E-state index < -0.39 is 0 Å². The van der Waals surface area contributed by atoms with Gasteiger partial charge in [-0.2, -0.15) is 0 Å². The molecule has 158 valence electrons. The molecular weight excluding hydrogens is 384 g/mol. The lowest BCUT2D eigenvalue weighted by molar-refractivity contribution is -0.136. The highest BCUT2D eigenvalue weighted by molar-refractivity contribution is 6.00. The normalized spacial score (nSPS) is 15.8. The van der Waals surface area contributed by atoms with Crippen molar-refractivity contribution in [1.29, 1.82) is 0 Å². The standard InChI is InChI=1S/C27H28N2O2/c1-21-9-8-14-25(17-21)29-20-24(18-26(29)30)27(31)28(19-23-12-6-3-7-13-23)16-15-22-10-4-2-5-11-22/h2-14,17,24H,15-16,18-20H2,1H3/t24-/m1/s1. The van der Waals surface area contributed by atoms with Crippen molar-refractivity contribution in [2.45, 2.75) is 26.3 Å². The minimum absolute atomic E-state index is 0.0201. The predicted molar refractivity (Wildman–Crippen MR) is 124 cm³/mol. The Morgan fingerprint density at radius 3 is 2.29 bits per heavy atom. The van der Waals surface area contributed by atoms with Gasteiger partial charge in [0.15, 0.2) is 0 Å². The lowest BCUT2D eigenvalue weighted by atomic mass is 10.1. The Bertz CT molecular complexity index is 1030. The molecule has 0 radical (unpaired) electrons. The zero-order chi connectivity index (χ0) is 21.6. The summed E-state index contributed by atoms with van der Waals surface area (Å²) in [6.07, 6.45) is 1.06. The maximum Gasteiger partial charge on any atom is 0.228 e. The number of nitrogens with zero attached hydrogens (tertiary/aromatic N) is 2. The van der Waals surface area contributed by atoms with Crippen LogP contribution < -0.4 is 4.90 Å². The minimum Gasteiger partial charge on any atom is -0.338 e. The zero-order valence-electron chi connectivity index (χ0n) is 17.9. The summed E-state index contributed by atoms with van der Waals surface area (Å²) in [5, 5.41) is 0. The van der Waals surface area contributed by atoms with E-state index >= 15 is 0 Å². The Hall–Kier alpha value is -3.40. The zero-order valence-corrected chi connectivity index (χ0v) is 17.9. The number of rotatable bonds is 7. The second kappa shape index (κ2) is 9.61. The highest BCUT2D eigenvalue weighted by atomic mass is 16.2. The maximum atomic E-state index is 13.5. The van der Waals surface area contributed by atoms with Gasteiger partial charge in [-0.25, -0.2) is 0 Å². The van der Waals surface area contributed by atoms with Crippen molar-refractivity contribution in [3.05, 3.63) is 102 Å². The molecule has 1 aliphatic heterocycles. The van der Waals surface area contributed by atoms with Crippen molar-refractivity contribution in [3.8, 4) is 0 Å². The summed E-state index contributed by atoms with van der Waals surface area (Å²) in [6.45, 7) is 3.64. The van der Waals surface area contributed by atoms with E-state index in [1.54, 1.807) is 4.90 Å². The number of anilines is 1. The lowest BCUT2D eigenvalue weighted by Gasteiger charge is -2.26. The fraction of sp³-hybridized carbons (Fsp3) is 0.259. The van der Waals surface area contributed by atoms with Gasteiger partial charge in [-0.15, -0.1) is 0 Å². The van der Waals surface area contributed by atoms with Crippen LogP contribution in [0.3, 0.4) is 0 Å². The third-order valence-electron chi connectivity index (χ3n) is 5.83. The SMILES string of the molecule is Cc1cccc(N2C[C@H](C(=O)N(CCc3ccccc3)Cc3ccccc3)CC2=O)c1. The first-order chi connectivity index (χ1) is 15.1. The van der Waals surface area contributed by atoms with E-state index in [-0.39, 0.29) is 24.2 Å². The van der Waals surface area contributed by atoms with Gasteiger partial charge in [0.2, 0.25) is 11.8 Å². The molecular formula is C27H28N2O2. The molecule has 0 aromatic heterocycles. The number of carbonyl (C=O) groups is 2. The van der Waals surface area contributed by atoms with Crippen LogP contribution in [0.1, 0.15) is 23.1 Å². The third kappa shape index (κ3) is 5.21. The van der Waals surface area contributed by atoms with Gasteiger partial charge in [0.1, 0.15) is 0 Å². The van der Waals surface area contributed by atoms with E-state index in [9.17, 15) is 9.59 Å². The van der Waals surface area contributed by atoms with Crippen molar-refractivity contribution < 1.29 is 9.59 Å². The second-order valence-corrected chi connectivity index (χ2v) is 8.23. The van der Waals surface area contributed by atoms with Gasteiger partial charge in [0.05, 0.1) is 5.92 Å². The summed E-state index contributed by atoms with van der Waals surface area (Å²) in [5.41, 5.74) is 4.29. The fourth-order valence-corrected chi connectivity index (χ4v) is 4.16. The summed E-state index contributed by atoms with van der Waals surface area (Å²) >= 11 is 0. The van der Waals surface area contributed by atoms with Crippen LogP contribution in [0.5, 0.6) is 0 Å². The molecule has 1 aliphatic rings.